The molecule has 2 aromatic rings. The fourth-order valence-corrected chi connectivity index (χ4v) is 2.04. The summed E-state index contributed by atoms with van der Waals surface area (Å²) < 4.78 is 6.39. The van der Waals surface area contributed by atoms with E-state index < -0.39 is 5.97 Å². The topological polar surface area (TPSA) is 76.4 Å². The van der Waals surface area contributed by atoms with Crippen LogP contribution >= 0.6 is 11.6 Å². The molecule has 21 heavy (non-hydrogen) atoms. The Hall–Kier alpha value is -2.05. The number of carbonyl (C=O) groups is 1. The minimum Gasteiger partial charge on any atom is -0.465 e. The van der Waals surface area contributed by atoms with Crippen molar-refractivity contribution in [2.75, 3.05) is 19.0 Å². The molecule has 2 N–H and O–H groups in total. The van der Waals surface area contributed by atoms with Gasteiger partial charge in [0.1, 0.15) is 0 Å². The number of hydrogen-bond acceptors (Lipinski definition) is 5. The lowest BCUT2D eigenvalue weighted by Crippen LogP contribution is -2.08. The fraction of sp³-hybridized carbons (Fsp3) is 0.286. The summed E-state index contributed by atoms with van der Waals surface area (Å²) in [4.78, 5) is 11.7. The number of rotatable bonds is 6. The van der Waals surface area contributed by atoms with Gasteiger partial charge in [-0.05, 0) is 18.2 Å². The maximum Gasteiger partial charge on any atom is 0.340 e. The van der Waals surface area contributed by atoms with Crippen LogP contribution in [-0.4, -0.2) is 34.6 Å². The van der Waals surface area contributed by atoms with Crippen LogP contribution in [0.4, 0.5) is 5.69 Å². The molecule has 6 nitrogen and oxygen atoms in total. The predicted molar refractivity (Wildman–Crippen MR) is 79.4 cm³/mol. The lowest BCUT2D eigenvalue weighted by Gasteiger charge is -2.10. The number of nitrogens with zero attached hydrogens (tertiary/aromatic N) is 2. The Morgan fingerprint density at radius 2 is 2.33 bits per heavy atom. The summed E-state index contributed by atoms with van der Waals surface area (Å²) in [5.41, 5.74) is 1.96. The number of methoxy groups -OCH3 is 1. The number of aromatic nitrogens is 2. The van der Waals surface area contributed by atoms with E-state index in [-0.39, 0.29) is 6.61 Å². The van der Waals surface area contributed by atoms with E-state index in [4.69, 9.17) is 21.4 Å². The Labute approximate surface area is 127 Å². The van der Waals surface area contributed by atoms with Crippen molar-refractivity contribution in [3.8, 4) is 0 Å². The normalized spacial score (nSPS) is 10.4. The minimum absolute atomic E-state index is 0.0399. The zero-order valence-electron chi connectivity index (χ0n) is 11.5. The van der Waals surface area contributed by atoms with Gasteiger partial charge < -0.3 is 15.2 Å². The van der Waals surface area contributed by atoms with Crippen LogP contribution in [-0.2, 0) is 17.8 Å². The largest absolute Gasteiger partial charge is 0.465 e. The van der Waals surface area contributed by atoms with Crippen molar-refractivity contribution in [2.24, 2.45) is 0 Å². The number of aliphatic hydroxyl groups is 1. The first-order valence-corrected chi connectivity index (χ1v) is 6.75. The third-order valence-corrected chi connectivity index (χ3v) is 3.12. The average Bonchev–Trinajstić information content (AvgIpc) is 2.93. The van der Waals surface area contributed by atoms with Gasteiger partial charge in [0.05, 0.1) is 32.0 Å². The van der Waals surface area contributed by atoms with Crippen molar-refractivity contribution in [2.45, 2.75) is 13.1 Å². The first-order valence-electron chi connectivity index (χ1n) is 6.38. The van der Waals surface area contributed by atoms with Crippen molar-refractivity contribution in [1.29, 1.82) is 0 Å². The Kier molecular flexibility index (Phi) is 5.19. The molecule has 0 aliphatic heterocycles. The van der Waals surface area contributed by atoms with E-state index in [1.165, 1.54) is 7.11 Å². The first-order chi connectivity index (χ1) is 10.1. The predicted octanol–water partition coefficient (Wildman–Crippen LogP) is 1.93. The summed E-state index contributed by atoms with van der Waals surface area (Å²) in [6.07, 6.45) is 3.54. The molecular formula is C14H16ClN3O3. The molecule has 0 unspecified atom stereocenters. The first kappa shape index (κ1) is 15.3. The van der Waals surface area contributed by atoms with Crippen LogP contribution in [0.25, 0.3) is 0 Å². The lowest BCUT2D eigenvalue weighted by atomic mass is 10.1. The minimum atomic E-state index is -0.448. The van der Waals surface area contributed by atoms with Gasteiger partial charge in [-0.2, -0.15) is 5.10 Å². The summed E-state index contributed by atoms with van der Waals surface area (Å²) in [7, 11) is 1.33. The molecule has 7 heteroatoms. The van der Waals surface area contributed by atoms with Crippen molar-refractivity contribution >= 4 is 23.3 Å². The molecule has 0 spiro atoms. The summed E-state index contributed by atoms with van der Waals surface area (Å²) in [6.45, 7) is 0.990. The number of nitrogens with one attached hydrogen (secondary N) is 1. The fourth-order valence-electron chi connectivity index (χ4n) is 1.87. The van der Waals surface area contributed by atoms with Gasteiger partial charge in [0.25, 0.3) is 0 Å². The van der Waals surface area contributed by atoms with Crippen molar-refractivity contribution in [3.63, 3.8) is 0 Å². The molecule has 2 rings (SSSR count). The highest BCUT2D eigenvalue weighted by molar-refractivity contribution is 6.31. The van der Waals surface area contributed by atoms with Gasteiger partial charge in [0.2, 0.25) is 0 Å². The summed E-state index contributed by atoms with van der Waals surface area (Å²) in [5.74, 6) is -0.448. The van der Waals surface area contributed by atoms with Gasteiger partial charge in [-0.3, -0.25) is 4.68 Å². The number of anilines is 1. The summed E-state index contributed by atoms with van der Waals surface area (Å²) >= 11 is 5.90. The molecule has 0 saturated heterocycles. The molecule has 0 aliphatic carbocycles. The highest BCUT2D eigenvalue weighted by atomic mass is 35.5. The molecule has 112 valence electrons. The number of halogens is 1. The number of benzene rings is 1. The highest BCUT2D eigenvalue weighted by Crippen LogP contribution is 2.22. The second kappa shape index (κ2) is 7.10. The molecule has 0 radical (unpaired) electrons. The number of carbonyl (C=O) groups excluding carboxylic acids is 1. The van der Waals surface area contributed by atoms with E-state index in [1.54, 1.807) is 29.1 Å². The molecule has 0 fully saturated rings. The molecule has 0 aliphatic rings. The van der Waals surface area contributed by atoms with E-state index in [0.717, 1.165) is 5.56 Å². The van der Waals surface area contributed by atoms with Gasteiger partial charge in [0.15, 0.2) is 0 Å². The Bertz CT molecular complexity index is 628. The number of esters is 1. The SMILES string of the molecule is COC(=O)c1cc(Cl)ccc1NCc1cnn(CCO)c1. The maximum atomic E-state index is 11.7. The summed E-state index contributed by atoms with van der Waals surface area (Å²) in [6, 6.07) is 4.99. The molecule has 1 aromatic heterocycles. The molecule has 1 aromatic carbocycles. The standard InChI is InChI=1S/C14H16ClN3O3/c1-21-14(20)12-6-11(15)2-3-13(12)16-7-10-8-17-18(9-10)4-5-19/h2-3,6,8-9,16,19H,4-5,7H2,1H3. The molecular weight excluding hydrogens is 294 g/mol. The molecule has 0 bridgehead atoms. The van der Waals surface area contributed by atoms with E-state index in [9.17, 15) is 4.79 Å². The monoisotopic (exact) mass is 309 g/mol. The smallest absolute Gasteiger partial charge is 0.340 e. The van der Waals surface area contributed by atoms with Gasteiger partial charge in [0, 0.05) is 29.0 Å². The molecule has 0 amide bonds. The Balaban J connectivity index is 2.10. The third-order valence-electron chi connectivity index (χ3n) is 2.89. The quantitative estimate of drug-likeness (QED) is 0.797. The van der Waals surface area contributed by atoms with Crippen LogP contribution in [0.3, 0.4) is 0 Å². The second-order valence-electron chi connectivity index (χ2n) is 4.37. The second-order valence-corrected chi connectivity index (χ2v) is 4.81. The van der Waals surface area contributed by atoms with Crippen LogP contribution < -0.4 is 5.32 Å². The van der Waals surface area contributed by atoms with E-state index in [2.05, 4.69) is 10.4 Å². The van der Waals surface area contributed by atoms with Crippen LogP contribution in [0.15, 0.2) is 30.6 Å². The Morgan fingerprint density at radius 3 is 3.05 bits per heavy atom. The molecule has 0 saturated carbocycles. The van der Waals surface area contributed by atoms with E-state index in [0.29, 0.717) is 29.4 Å². The van der Waals surface area contributed by atoms with Crippen LogP contribution in [0.1, 0.15) is 15.9 Å². The zero-order chi connectivity index (χ0) is 15.2. The van der Waals surface area contributed by atoms with Gasteiger partial charge in [-0.15, -0.1) is 0 Å². The molecule has 1 heterocycles. The van der Waals surface area contributed by atoms with Crippen molar-refractivity contribution in [3.05, 3.63) is 46.7 Å². The van der Waals surface area contributed by atoms with Gasteiger partial charge in [-0.25, -0.2) is 4.79 Å². The van der Waals surface area contributed by atoms with Gasteiger partial charge in [-0.1, -0.05) is 11.6 Å². The zero-order valence-corrected chi connectivity index (χ0v) is 12.3. The number of aliphatic hydroxyl groups excluding tert-OH is 1. The van der Waals surface area contributed by atoms with Gasteiger partial charge >= 0.3 is 5.97 Å². The van der Waals surface area contributed by atoms with Crippen LogP contribution in [0, 0.1) is 0 Å². The van der Waals surface area contributed by atoms with E-state index in [1.807, 2.05) is 6.20 Å². The van der Waals surface area contributed by atoms with Crippen LogP contribution in [0.5, 0.6) is 0 Å². The number of hydrogen-bond donors (Lipinski definition) is 2. The maximum absolute atomic E-state index is 11.7. The summed E-state index contributed by atoms with van der Waals surface area (Å²) in [5, 5.41) is 16.6. The van der Waals surface area contributed by atoms with Crippen LogP contribution in [0.2, 0.25) is 5.02 Å². The molecule has 0 atom stereocenters. The lowest BCUT2D eigenvalue weighted by molar-refractivity contribution is 0.0602. The highest BCUT2D eigenvalue weighted by Gasteiger charge is 2.12. The van der Waals surface area contributed by atoms with E-state index >= 15 is 0 Å². The van der Waals surface area contributed by atoms with Crippen molar-refractivity contribution < 1.29 is 14.6 Å². The average molecular weight is 310 g/mol. The Morgan fingerprint density at radius 1 is 1.52 bits per heavy atom. The third kappa shape index (κ3) is 3.96. The van der Waals surface area contributed by atoms with Crippen molar-refractivity contribution in [1.82, 2.24) is 9.78 Å². The number of ether oxygens (including phenoxy) is 1.